The Hall–Kier alpha value is -1.85. The molecule has 6 nitrogen and oxygen atoms in total. The van der Waals surface area contributed by atoms with Crippen molar-refractivity contribution in [3.05, 3.63) is 12.7 Å². The highest BCUT2D eigenvalue weighted by molar-refractivity contribution is 5.82. The van der Waals surface area contributed by atoms with E-state index in [2.05, 4.69) is 11.3 Å². The number of esters is 3. The molecule has 1 aliphatic heterocycles. The molecule has 1 rings (SSSR count). The number of ether oxygens (including phenoxy) is 3. The van der Waals surface area contributed by atoms with Crippen molar-refractivity contribution in [2.24, 2.45) is 0 Å². The lowest BCUT2D eigenvalue weighted by Crippen LogP contribution is -2.24. The zero-order chi connectivity index (χ0) is 13.8. The quantitative estimate of drug-likeness (QED) is 0.410. The second kappa shape index (κ2) is 5.66. The van der Waals surface area contributed by atoms with Crippen LogP contribution in [-0.2, 0) is 28.6 Å². The van der Waals surface area contributed by atoms with Crippen molar-refractivity contribution in [2.45, 2.75) is 38.4 Å². The smallest absolute Gasteiger partial charge is 0.348 e. The van der Waals surface area contributed by atoms with E-state index in [-0.39, 0.29) is 13.0 Å². The average Bonchev–Trinajstić information content (AvgIpc) is 2.51. The van der Waals surface area contributed by atoms with Gasteiger partial charge in [-0.25, -0.2) is 9.59 Å². The lowest BCUT2D eigenvalue weighted by Gasteiger charge is -2.14. The Morgan fingerprint density at radius 3 is 2.72 bits per heavy atom. The fourth-order valence-corrected chi connectivity index (χ4v) is 1.51. The van der Waals surface area contributed by atoms with Gasteiger partial charge in [-0.2, -0.15) is 0 Å². The fourth-order valence-electron chi connectivity index (χ4n) is 1.51. The molecule has 1 saturated heterocycles. The maximum Gasteiger partial charge on any atom is 0.348 e. The molecule has 18 heavy (non-hydrogen) atoms. The molecule has 1 aliphatic rings. The molecule has 1 unspecified atom stereocenters. The molecular formula is C12H16O6. The molecule has 0 aromatic rings. The molecule has 100 valence electrons. The molecule has 0 saturated carbocycles. The SMILES string of the molecule is C=CC(=O)OCCC(=O)OC1CC(C)(C)OC1=O. The van der Waals surface area contributed by atoms with Gasteiger partial charge < -0.3 is 14.2 Å². The van der Waals surface area contributed by atoms with Gasteiger partial charge in [0.05, 0.1) is 6.42 Å². The maximum atomic E-state index is 11.4. The lowest BCUT2D eigenvalue weighted by atomic mass is 10.0. The second-order valence-corrected chi connectivity index (χ2v) is 4.49. The van der Waals surface area contributed by atoms with Crippen LogP contribution in [0.4, 0.5) is 0 Å². The lowest BCUT2D eigenvalue weighted by molar-refractivity contribution is -0.163. The Balaban J connectivity index is 2.31. The van der Waals surface area contributed by atoms with Crippen molar-refractivity contribution in [3.63, 3.8) is 0 Å². The number of hydrogen-bond acceptors (Lipinski definition) is 6. The number of cyclic esters (lactones) is 1. The highest BCUT2D eigenvalue weighted by Gasteiger charge is 2.42. The fraction of sp³-hybridized carbons (Fsp3) is 0.583. The van der Waals surface area contributed by atoms with Crippen LogP contribution in [0.3, 0.4) is 0 Å². The summed E-state index contributed by atoms with van der Waals surface area (Å²) in [6.07, 6.45) is 0.346. The van der Waals surface area contributed by atoms with Gasteiger partial charge in [0, 0.05) is 12.5 Å². The van der Waals surface area contributed by atoms with Gasteiger partial charge in [0.25, 0.3) is 0 Å². The van der Waals surface area contributed by atoms with Crippen LogP contribution in [0, 0.1) is 0 Å². The second-order valence-electron chi connectivity index (χ2n) is 4.49. The van der Waals surface area contributed by atoms with Gasteiger partial charge in [0.15, 0.2) is 0 Å². The van der Waals surface area contributed by atoms with Gasteiger partial charge in [-0.15, -0.1) is 0 Å². The summed E-state index contributed by atoms with van der Waals surface area (Å²) in [5, 5.41) is 0. The highest BCUT2D eigenvalue weighted by atomic mass is 16.6. The van der Waals surface area contributed by atoms with Gasteiger partial charge in [0.2, 0.25) is 6.10 Å². The Morgan fingerprint density at radius 1 is 1.56 bits per heavy atom. The predicted molar refractivity (Wildman–Crippen MR) is 60.4 cm³/mol. The Kier molecular flexibility index (Phi) is 4.47. The van der Waals surface area contributed by atoms with Crippen molar-refractivity contribution in [1.82, 2.24) is 0 Å². The van der Waals surface area contributed by atoms with Crippen LogP contribution in [0.2, 0.25) is 0 Å². The molecule has 1 fully saturated rings. The van der Waals surface area contributed by atoms with Crippen LogP contribution in [-0.4, -0.2) is 36.2 Å². The maximum absolute atomic E-state index is 11.4. The van der Waals surface area contributed by atoms with E-state index in [1.54, 1.807) is 13.8 Å². The summed E-state index contributed by atoms with van der Waals surface area (Å²) < 4.78 is 14.6. The average molecular weight is 256 g/mol. The summed E-state index contributed by atoms with van der Waals surface area (Å²) >= 11 is 0. The van der Waals surface area contributed by atoms with Crippen molar-refractivity contribution < 1.29 is 28.6 Å². The monoisotopic (exact) mass is 256 g/mol. The summed E-state index contributed by atoms with van der Waals surface area (Å²) in [5.74, 6) is -1.76. The first kappa shape index (κ1) is 14.2. The number of rotatable bonds is 5. The summed E-state index contributed by atoms with van der Waals surface area (Å²) in [6, 6.07) is 0. The van der Waals surface area contributed by atoms with E-state index in [1.807, 2.05) is 0 Å². The zero-order valence-corrected chi connectivity index (χ0v) is 10.4. The molecule has 0 bridgehead atoms. The molecule has 0 N–H and O–H groups in total. The number of carbonyl (C=O) groups is 3. The standard InChI is InChI=1S/C12H16O6/c1-4-9(13)16-6-5-10(14)17-8-7-12(2,3)18-11(8)15/h4,8H,1,5-7H2,2-3H3. The molecule has 0 spiro atoms. The van der Waals surface area contributed by atoms with Crippen LogP contribution in [0.1, 0.15) is 26.7 Å². The summed E-state index contributed by atoms with van der Waals surface area (Å²) in [6.45, 7) is 6.59. The van der Waals surface area contributed by atoms with Crippen molar-refractivity contribution in [2.75, 3.05) is 6.61 Å². The van der Waals surface area contributed by atoms with E-state index in [0.29, 0.717) is 6.42 Å². The molecule has 1 atom stereocenters. The number of hydrogen-bond donors (Lipinski definition) is 0. The van der Waals surface area contributed by atoms with Crippen molar-refractivity contribution >= 4 is 17.9 Å². The first-order valence-corrected chi connectivity index (χ1v) is 5.55. The molecule has 6 heteroatoms. The molecule has 0 radical (unpaired) electrons. The molecule has 1 heterocycles. The van der Waals surface area contributed by atoms with E-state index in [1.165, 1.54) is 0 Å². The van der Waals surface area contributed by atoms with Gasteiger partial charge in [-0.1, -0.05) is 6.58 Å². The van der Waals surface area contributed by atoms with Gasteiger partial charge in [-0.05, 0) is 13.8 Å². The predicted octanol–water partition coefficient (Wildman–Crippen LogP) is 0.743. The van der Waals surface area contributed by atoms with Gasteiger partial charge >= 0.3 is 17.9 Å². The topological polar surface area (TPSA) is 78.9 Å². The number of carbonyl (C=O) groups excluding carboxylic acids is 3. The Labute approximate surface area is 105 Å². The highest BCUT2D eigenvalue weighted by Crippen LogP contribution is 2.27. The van der Waals surface area contributed by atoms with Crippen molar-refractivity contribution in [1.29, 1.82) is 0 Å². The summed E-state index contributed by atoms with van der Waals surface area (Å²) in [4.78, 5) is 33.4. The van der Waals surface area contributed by atoms with Crippen LogP contribution in [0.15, 0.2) is 12.7 Å². The first-order chi connectivity index (χ1) is 8.34. The summed E-state index contributed by atoms with van der Waals surface area (Å²) in [7, 11) is 0. The molecule has 0 aliphatic carbocycles. The largest absolute Gasteiger partial charge is 0.462 e. The van der Waals surface area contributed by atoms with E-state index in [0.717, 1.165) is 6.08 Å². The van der Waals surface area contributed by atoms with Crippen LogP contribution < -0.4 is 0 Å². The third-order valence-corrected chi connectivity index (χ3v) is 2.31. The van der Waals surface area contributed by atoms with Gasteiger partial charge in [0.1, 0.15) is 12.2 Å². The minimum Gasteiger partial charge on any atom is -0.462 e. The normalized spacial score (nSPS) is 21.0. The minimum atomic E-state index is -0.873. The first-order valence-electron chi connectivity index (χ1n) is 5.55. The van der Waals surface area contributed by atoms with Crippen LogP contribution in [0.5, 0.6) is 0 Å². The zero-order valence-electron chi connectivity index (χ0n) is 10.4. The van der Waals surface area contributed by atoms with E-state index in [9.17, 15) is 14.4 Å². The van der Waals surface area contributed by atoms with E-state index in [4.69, 9.17) is 9.47 Å². The van der Waals surface area contributed by atoms with E-state index >= 15 is 0 Å². The molecule has 0 aromatic carbocycles. The van der Waals surface area contributed by atoms with Gasteiger partial charge in [-0.3, -0.25) is 4.79 Å². The minimum absolute atomic E-state index is 0.102. The third kappa shape index (κ3) is 4.20. The molecule has 0 amide bonds. The molecular weight excluding hydrogens is 240 g/mol. The van der Waals surface area contributed by atoms with E-state index < -0.39 is 29.6 Å². The Bertz CT molecular complexity index is 371. The Morgan fingerprint density at radius 2 is 2.22 bits per heavy atom. The summed E-state index contributed by atoms with van der Waals surface area (Å²) in [5.41, 5.74) is -0.614. The van der Waals surface area contributed by atoms with Crippen LogP contribution in [0.25, 0.3) is 0 Å². The van der Waals surface area contributed by atoms with Crippen molar-refractivity contribution in [3.8, 4) is 0 Å². The molecule has 0 aromatic heterocycles. The van der Waals surface area contributed by atoms with Crippen LogP contribution >= 0.6 is 0 Å². The third-order valence-electron chi connectivity index (χ3n) is 2.31.